The number of carbonyl (C=O) groups excluding carboxylic acids is 1. The first-order valence-corrected chi connectivity index (χ1v) is 6.68. The summed E-state index contributed by atoms with van der Waals surface area (Å²) in [7, 11) is 0. The van der Waals surface area contributed by atoms with Crippen LogP contribution in [0.4, 0.5) is 9.59 Å². The summed E-state index contributed by atoms with van der Waals surface area (Å²) in [5.41, 5.74) is 0.797. The molecule has 0 bridgehead atoms. The van der Waals surface area contributed by atoms with Crippen molar-refractivity contribution in [2.45, 2.75) is 25.1 Å². The molecule has 1 aliphatic rings. The number of nitrogens with zero attached hydrogens (tertiary/aromatic N) is 1. The van der Waals surface area contributed by atoms with Crippen LogP contribution in [0.3, 0.4) is 0 Å². The summed E-state index contributed by atoms with van der Waals surface area (Å²) in [6, 6.07) is 6.90. The molecule has 0 spiro atoms. The van der Waals surface area contributed by atoms with Crippen LogP contribution in [0, 0.1) is 0 Å². The number of amides is 2. The molecule has 0 saturated carbocycles. The van der Waals surface area contributed by atoms with Crippen molar-refractivity contribution in [3.63, 3.8) is 0 Å². The number of aliphatic carboxylic acids is 1. The summed E-state index contributed by atoms with van der Waals surface area (Å²) in [5, 5.41) is 20.5. The van der Waals surface area contributed by atoms with Crippen LogP contribution in [0.5, 0.6) is 0 Å². The second-order valence-electron chi connectivity index (χ2n) is 4.86. The lowest BCUT2D eigenvalue weighted by molar-refractivity contribution is -0.142. The molecular formula is C14H16N2O6. The normalized spacial score (nSPS) is 20.5. The summed E-state index contributed by atoms with van der Waals surface area (Å²) < 4.78 is 5.00. The molecular weight excluding hydrogens is 292 g/mol. The summed E-state index contributed by atoms with van der Waals surface area (Å²) in [6.45, 7) is 0.107. The van der Waals surface area contributed by atoms with Crippen LogP contribution in [0.15, 0.2) is 30.3 Å². The smallest absolute Gasteiger partial charge is 0.408 e. The maximum Gasteiger partial charge on any atom is 0.408 e. The molecule has 8 heteroatoms. The predicted octanol–water partition coefficient (Wildman–Crippen LogP) is 1.12. The maximum atomic E-state index is 11.7. The van der Waals surface area contributed by atoms with E-state index in [1.54, 1.807) is 24.3 Å². The third kappa shape index (κ3) is 3.66. The van der Waals surface area contributed by atoms with Gasteiger partial charge in [-0.25, -0.2) is 14.4 Å². The Hall–Kier alpha value is -2.77. The van der Waals surface area contributed by atoms with Gasteiger partial charge in [0.15, 0.2) is 6.04 Å². The van der Waals surface area contributed by atoms with Crippen LogP contribution < -0.4 is 5.32 Å². The molecule has 0 aliphatic carbocycles. The first kappa shape index (κ1) is 15.6. The average molecular weight is 308 g/mol. The van der Waals surface area contributed by atoms with Gasteiger partial charge in [-0.3, -0.25) is 4.90 Å². The third-order valence-corrected chi connectivity index (χ3v) is 3.41. The number of ether oxygens (including phenoxy) is 1. The first-order chi connectivity index (χ1) is 10.5. The highest BCUT2D eigenvalue weighted by Gasteiger charge is 2.43. The van der Waals surface area contributed by atoms with E-state index in [2.05, 4.69) is 5.32 Å². The maximum absolute atomic E-state index is 11.7. The highest BCUT2D eigenvalue weighted by atomic mass is 16.5. The van der Waals surface area contributed by atoms with Crippen molar-refractivity contribution in [3.8, 4) is 0 Å². The van der Waals surface area contributed by atoms with E-state index in [0.717, 1.165) is 10.5 Å². The molecule has 2 rings (SSSR count). The number of carboxylic acids is 1. The average Bonchev–Trinajstić information content (AvgIpc) is 2.90. The van der Waals surface area contributed by atoms with E-state index in [4.69, 9.17) is 14.9 Å². The quantitative estimate of drug-likeness (QED) is 0.767. The van der Waals surface area contributed by atoms with Crippen LogP contribution >= 0.6 is 0 Å². The summed E-state index contributed by atoms with van der Waals surface area (Å²) in [4.78, 5) is 34.7. The number of rotatable bonds is 4. The Kier molecular flexibility index (Phi) is 4.82. The predicted molar refractivity (Wildman–Crippen MR) is 74.3 cm³/mol. The number of likely N-dealkylation sites (tertiary alicyclic amines) is 1. The van der Waals surface area contributed by atoms with Crippen LogP contribution in [0.1, 0.15) is 12.0 Å². The van der Waals surface area contributed by atoms with Crippen LogP contribution in [-0.4, -0.2) is 51.9 Å². The van der Waals surface area contributed by atoms with Gasteiger partial charge in [-0.2, -0.15) is 0 Å². The van der Waals surface area contributed by atoms with Gasteiger partial charge in [-0.15, -0.1) is 0 Å². The van der Waals surface area contributed by atoms with Gasteiger partial charge in [0.1, 0.15) is 6.61 Å². The molecule has 3 N–H and O–H groups in total. The second kappa shape index (κ2) is 6.79. The Bertz CT molecular complexity index is 562. The molecule has 1 heterocycles. The summed E-state index contributed by atoms with van der Waals surface area (Å²) >= 11 is 0. The summed E-state index contributed by atoms with van der Waals surface area (Å²) in [6.07, 6.45) is -1.87. The van der Waals surface area contributed by atoms with Crippen molar-refractivity contribution in [1.29, 1.82) is 0 Å². The fraction of sp³-hybridized carbons (Fsp3) is 0.357. The minimum atomic E-state index is -1.32. The standard InChI is InChI=1S/C14H16N2O6/c17-12(18)11-10(6-7-16(11)14(20)21)15-13(19)22-8-9-4-2-1-3-5-9/h1-5,10-11H,6-8H2,(H,15,19)(H,17,18)(H,20,21)/t10-,11+/m0/s1. The Labute approximate surface area is 126 Å². The van der Waals surface area contributed by atoms with E-state index in [1.165, 1.54) is 0 Å². The lowest BCUT2D eigenvalue weighted by Crippen LogP contribution is -2.50. The number of hydrogen-bond donors (Lipinski definition) is 3. The molecule has 0 radical (unpaired) electrons. The minimum Gasteiger partial charge on any atom is -0.480 e. The molecule has 8 nitrogen and oxygen atoms in total. The van der Waals surface area contributed by atoms with Crippen LogP contribution in [0.2, 0.25) is 0 Å². The Morgan fingerprint density at radius 1 is 1.23 bits per heavy atom. The largest absolute Gasteiger partial charge is 0.480 e. The topological polar surface area (TPSA) is 116 Å². The molecule has 1 saturated heterocycles. The Balaban J connectivity index is 1.90. The number of hydrogen-bond acceptors (Lipinski definition) is 4. The van der Waals surface area contributed by atoms with Crippen LogP contribution in [-0.2, 0) is 16.1 Å². The van der Waals surface area contributed by atoms with E-state index in [0.29, 0.717) is 0 Å². The van der Waals surface area contributed by atoms with Crippen molar-refractivity contribution in [3.05, 3.63) is 35.9 Å². The first-order valence-electron chi connectivity index (χ1n) is 6.68. The van der Waals surface area contributed by atoms with Crippen molar-refractivity contribution in [2.24, 2.45) is 0 Å². The van der Waals surface area contributed by atoms with Gasteiger partial charge in [0, 0.05) is 6.54 Å². The fourth-order valence-corrected chi connectivity index (χ4v) is 2.38. The molecule has 118 valence electrons. The highest BCUT2D eigenvalue weighted by molar-refractivity contribution is 5.82. The number of carboxylic acid groups (broad SMARTS) is 2. The molecule has 2 amide bonds. The zero-order valence-corrected chi connectivity index (χ0v) is 11.6. The third-order valence-electron chi connectivity index (χ3n) is 3.41. The summed E-state index contributed by atoms with van der Waals surface area (Å²) in [5.74, 6) is -1.30. The lowest BCUT2D eigenvalue weighted by Gasteiger charge is -2.22. The second-order valence-corrected chi connectivity index (χ2v) is 4.86. The van der Waals surface area contributed by atoms with Gasteiger partial charge in [-0.1, -0.05) is 30.3 Å². The van der Waals surface area contributed by atoms with Gasteiger partial charge < -0.3 is 20.3 Å². The van der Waals surface area contributed by atoms with Gasteiger partial charge in [0.2, 0.25) is 0 Å². The fourth-order valence-electron chi connectivity index (χ4n) is 2.38. The van der Waals surface area contributed by atoms with Gasteiger partial charge in [-0.05, 0) is 12.0 Å². The molecule has 1 aliphatic heterocycles. The zero-order chi connectivity index (χ0) is 16.1. The Morgan fingerprint density at radius 2 is 1.91 bits per heavy atom. The number of carbonyl (C=O) groups is 3. The monoisotopic (exact) mass is 308 g/mol. The van der Waals surface area contributed by atoms with E-state index in [9.17, 15) is 14.4 Å². The Morgan fingerprint density at radius 3 is 2.50 bits per heavy atom. The molecule has 0 aromatic heterocycles. The molecule has 0 unspecified atom stereocenters. The molecule has 1 aromatic carbocycles. The molecule has 2 atom stereocenters. The minimum absolute atomic E-state index is 0.0515. The number of nitrogens with one attached hydrogen (secondary N) is 1. The van der Waals surface area contributed by atoms with E-state index in [-0.39, 0.29) is 19.6 Å². The molecule has 22 heavy (non-hydrogen) atoms. The van der Waals surface area contributed by atoms with Crippen molar-refractivity contribution in [2.75, 3.05) is 6.54 Å². The van der Waals surface area contributed by atoms with Crippen LogP contribution in [0.25, 0.3) is 0 Å². The zero-order valence-electron chi connectivity index (χ0n) is 11.6. The highest BCUT2D eigenvalue weighted by Crippen LogP contribution is 2.18. The van der Waals surface area contributed by atoms with Gasteiger partial charge in [0.05, 0.1) is 6.04 Å². The number of benzene rings is 1. The molecule has 1 fully saturated rings. The van der Waals surface area contributed by atoms with E-state index >= 15 is 0 Å². The van der Waals surface area contributed by atoms with E-state index < -0.39 is 30.2 Å². The van der Waals surface area contributed by atoms with Crippen molar-refractivity contribution >= 4 is 18.2 Å². The van der Waals surface area contributed by atoms with Gasteiger partial charge in [0.25, 0.3) is 0 Å². The van der Waals surface area contributed by atoms with Crippen molar-refractivity contribution < 1.29 is 29.3 Å². The lowest BCUT2D eigenvalue weighted by atomic mass is 10.1. The SMILES string of the molecule is O=C(N[C@H]1CCN(C(=O)O)[C@H]1C(=O)O)OCc1ccccc1. The number of alkyl carbamates (subject to hydrolysis) is 1. The van der Waals surface area contributed by atoms with Crippen molar-refractivity contribution in [1.82, 2.24) is 10.2 Å². The van der Waals surface area contributed by atoms with E-state index in [1.807, 2.05) is 6.07 Å². The molecule has 1 aromatic rings. The van der Waals surface area contributed by atoms with Gasteiger partial charge >= 0.3 is 18.2 Å².